The van der Waals surface area contributed by atoms with Gasteiger partial charge in [-0.05, 0) is 29.7 Å². The van der Waals surface area contributed by atoms with Gasteiger partial charge in [-0.2, -0.15) is 0 Å². The van der Waals surface area contributed by atoms with E-state index in [1.165, 1.54) is 22.8 Å². The third kappa shape index (κ3) is 2.72. The van der Waals surface area contributed by atoms with E-state index in [0.29, 0.717) is 0 Å². The van der Waals surface area contributed by atoms with Crippen molar-refractivity contribution in [3.63, 3.8) is 0 Å². The van der Waals surface area contributed by atoms with E-state index in [1.807, 2.05) is 0 Å². The summed E-state index contributed by atoms with van der Waals surface area (Å²) in [5, 5.41) is 6.40. The van der Waals surface area contributed by atoms with Crippen LogP contribution in [0.1, 0.15) is 25.8 Å². The van der Waals surface area contributed by atoms with E-state index in [0.717, 1.165) is 26.2 Å². The Morgan fingerprint density at radius 3 is 2.80 bits per heavy atom. The number of nitrogens with one attached hydrogen (secondary N) is 1. The Morgan fingerprint density at radius 1 is 1.15 bits per heavy atom. The Hall–Kier alpha value is -1.38. The maximum atomic E-state index is 3.66. The van der Waals surface area contributed by atoms with Gasteiger partial charge < -0.3 is 5.32 Å². The molecule has 2 aromatic rings. The van der Waals surface area contributed by atoms with Gasteiger partial charge in [-0.3, -0.25) is 4.90 Å². The molecule has 0 saturated carbocycles. The van der Waals surface area contributed by atoms with Crippen molar-refractivity contribution in [2.24, 2.45) is 0 Å². The molecule has 2 nitrogen and oxygen atoms in total. The van der Waals surface area contributed by atoms with Crippen LogP contribution in [0.15, 0.2) is 42.5 Å². The molecule has 1 fully saturated rings. The fourth-order valence-electron chi connectivity index (χ4n) is 3.19. The molecule has 0 amide bonds. The van der Waals surface area contributed by atoms with Crippen molar-refractivity contribution < 1.29 is 0 Å². The van der Waals surface area contributed by atoms with Crippen LogP contribution in [-0.4, -0.2) is 30.1 Å². The van der Waals surface area contributed by atoms with E-state index >= 15 is 0 Å². The zero-order valence-electron chi connectivity index (χ0n) is 12.5. The lowest BCUT2D eigenvalue weighted by Crippen LogP contribution is -2.58. The van der Waals surface area contributed by atoms with Crippen molar-refractivity contribution in [2.45, 2.75) is 32.4 Å². The van der Waals surface area contributed by atoms with Crippen molar-refractivity contribution in [3.05, 3.63) is 48.0 Å². The fourth-order valence-corrected chi connectivity index (χ4v) is 3.19. The number of benzene rings is 2. The molecule has 3 rings (SSSR count). The molecule has 20 heavy (non-hydrogen) atoms. The van der Waals surface area contributed by atoms with Gasteiger partial charge in [-0.15, -0.1) is 0 Å². The molecular formula is C18H24N2. The monoisotopic (exact) mass is 268 g/mol. The molecule has 1 aliphatic heterocycles. The highest BCUT2D eigenvalue weighted by molar-refractivity contribution is 5.85. The molecule has 106 valence electrons. The molecule has 2 aromatic carbocycles. The molecule has 0 spiro atoms. The molecule has 1 unspecified atom stereocenters. The quantitative estimate of drug-likeness (QED) is 0.917. The zero-order valence-corrected chi connectivity index (χ0v) is 12.5. The van der Waals surface area contributed by atoms with Gasteiger partial charge in [-0.25, -0.2) is 0 Å². The number of hydrogen-bond acceptors (Lipinski definition) is 2. The number of fused-ring (bicyclic) bond motifs is 1. The maximum absolute atomic E-state index is 3.66. The minimum atomic E-state index is 0.267. The standard InChI is InChI=1S/C18H24N2/c1-3-18(2)14-20(12-11-19-18)13-16-9-6-8-15-7-4-5-10-17(15)16/h4-10,19H,3,11-14H2,1-2H3. The largest absolute Gasteiger partial charge is 0.309 e. The van der Waals surface area contributed by atoms with Crippen molar-refractivity contribution in [3.8, 4) is 0 Å². The summed E-state index contributed by atoms with van der Waals surface area (Å²) in [7, 11) is 0. The van der Waals surface area contributed by atoms with Crippen LogP contribution in [0, 0.1) is 0 Å². The van der Waals surface area contributed by atoms with Gasteiger partial charge in [0.1, 0.15) is 0 Å². The van der Waals surface area contributed by atoms with Gasteiger partial charge in [-0.1, -0.05) is 49.4 Å². The Morgan fingerprint density at radius 2 is 1.95 bits per heavy atom. The predicted molar refractivity (Wildman–Crippen MR) is 85.9 cm³/mol. The van der Waals surface area contributed by atoms with Crippen LogP contribution in [0.5, 0.6) is 0 Å². The summed E-state index contributed by atoms with van der Waals surface area (Å²) in [5.41, 5.74) is 1.71. The zero-order chi connectivity index (χ0) is 14.0. The predicted octanol–water partition coefficient (Wildman–Crippen LogP) is 3.41. The molecular weight excluding hydrogens is 244 g/mol. The van der Waals surface area contributed by atoms with Crippen molar-refractivity contribution >= 4 is 10.8 Å². The second-order valence-corrected chi connectivity index (χ2v) is 6.19. The summed E-state index contributed by atoms with van der Waals surface area (Å²) < 4.78 is 0. The average Bonchev–Trinajstić information content (AvgIpc) is 2.48. The molecule has 1 heterocycles. The topological polar surface area (TPSA) is 15.3 Å². The van der Waals surface area contributed by atoms with E-state index < -0.39 is 0 Å². The van der Waals surface area contributed by atoms with E-state index in [-0.39, 0.29) is 5.54 Å². The molecule has 1 atom stereocenters. The summed E-state index contributed by atoms with van der Waals surface area (Å²) >= 11 is 0. The third-order valence-electron chi connectivity index (χ3n) is 4.61. The first-order valence-corrected chi connectivity index (χ1v) is 7.64. The Bertz CT molecular complexity index is 587. The average molecular weight is 268 g/mol. The minimum Gasteiger partial charge on any atom is -0.309 e. The SMILES string of the molecule is CCC1(C)CN(Cc2cccc3ccccc23)CCN1. The van der Waals surface area contributed by atoms with Crippen LogP contribution in [0.3, 0.4) is 0 Å². The number of piperazine rings is 1. The summed E-state index contributed by atoms with van der Waals surface area (Å²) in [4.78, 5) is 2.59. The lowest BCUT2D eigenvalue weighted by molar-refractivity contribution is 0.134. The first-order chi connectivity index (χ1) is 9.70. The smallest absolute Gasteiger partial charge is 0.0278 e. The Balaban J connectivity index is 1.83. The normalized spacial score (nSPS) is 24.1. The second kappa shape index (κ2) is 5.55. The van der Waals surface area contributed by atoms with Gasteiger partial charge in [0.2, 0.25) is 0 Å². The van der Waals surface area contributed by atoms with Gasteiger partial charge in [0, 0.05) is 31.7 Å². The summed E-state index contributed by atoms with van der Waals surface area (Å²) in [6, 6.07) is 15.3. The van der Waals surface area contributed by atoms with Crippen LogP contribution in [-0.2, 0) is 6.54 Å². The van der Waals surface area contributed by atoms with E-state index in [9.17, 15) is 0 Å². The van der Waals surface area contributed by atoms with Gasteiger partial charge in [0.05, 0.1) is 0 Å². The van der Waals surface area contributed by atoms with E-state index in [1.54, 1.807) is 0 Å². The van der Waals surface area contributed by atoms with Gasteiger partial charge >= 0.3 is 0 Å². The second-order valence-electron chi connectivity index (χ2n) is 6.19. The molecule has 1 N–H and O–H groups in total. The van der Waals surface area contributed by atoms with Crippen molar-refractivity contribution in [1.29, 1.82) is 0 Å². The summed E-state index contributed by atoms with van der Waals surface area (Å²) in [5.74, 6) is 0. The van der Waals surface area contributed by atoms with Crippen LogP contribution < -0.4 is 5.32 Å². The van der Waals surface area contributed by atoms with Gasteiger partial charge in [0.15, 0.2) is 0 Å². The van der Waals surface area contributed by atoms with Gasteiger partial charge in [0.25, 0.3) is 0 Å². The number of rotatable bonds is 3. The lowest BCUT2D eigenvalue weighted by Gasteiger charge is -2.41. The number of hydrogen-bond donors (Lipinski definition) is 1. The number of nitrogens with zero attached hydrogens (tertiary/aromatic N) is 1. The van der Waals surface area contributed by atoms with Crippen LogP contribution in [0.25, 0.3) is 10.8 Å². The Labute approximate surface area is 121 Å². The van der Waals surface area contributed by atoms with Crippen molar-refractivity contribution in [1.82, 2.24) is 10.2 Å². The highest BCUT2D eigenvalue weighted by Crippen LogP contribution is 2.22. The molecule has 0 aliphatic carbocycles. The summed E-state index contributed by atoms with van der Waals surface area (Å²) in [6.45, 7) is 9.02. The van der Waals surface area contributed by atoms with Crippen molar-refractivity contribution in [2.75, 3.05) is 19.6 Å². The van der Waals surface area contributed by atoms with Crippen LogP contribution in [0.2, 0.25) is 0 Å². The lowest BCUT2D eigenvalue weighted by atomic mass is 9.95. The molecule has 2 heteroatoms. The molecule has 0 bridgehead atoms. The minimum absolute atomic E-state index is 0.267. The summed E-state index contributed by atoms with van der Waals surface area (Å²) in [6.07, 6.45) is 1.18. The molecule has 1 saturated heterocycles. The van der Waals surface area contributed by atoms with Crippen LogP contribution >= 0.6 is 0 Å². The van der Waals surface area contributed by atoms with E-state index in [4.69, 9.17) is 0 Å². The first-order valence-electron chi connectivity index (χ1n) is 7.64. The fraction of sp³-hybridized carbons (Fsp3) is 0.444. The highest BCUT2D eigenvalue weighted by atomic mass is 15.2. The molecule has 0 radical (unpaired) electrons. The Kier molecular flexibility index (Phi) is 3.77. The maximum Gasteiger partial charge on any atom is 0.0278 e. The third-order valence-corrected chi connectivity index (χ3v) is 4.61. The first kappa shape index (κ1) is 13.6. The molecule has 1 aliphatic rings. The molecule has 0 aromatic heterocycles. The van der Waals surface area contributed by atoms with Crippen LogP contribution in [0.4, 0.5) is 0 Å². The van der Waals surface area contributed by atoms with E-state index in [2.05, 4.69) is 66.5 Å². The highest BCUT2D eigenvalue weighted by Gasteiger charge is 2.28.